The minimum atomic E-state index is -0.715. The number of rotatable bonds is 4. The number of nitrogens with zero attached hydrogens (tertiary/aromatic N) is 1. The standard InChI is InChI=1S/C19H28N2O4/c1-2-25-16(22)8-15-17(23)20-3-4-21(15)18(24)19-9-12-5-13(10-19)7-14(6-12)11-19/h12-15H,2-11H2,1H3,(H,20,23)/t12?,13?,14?,15-,19?/m0/s1. The Kier molecular flexibility index (Phi) is 4.24. The molecule has 6 heteroatoms. The van der Waals surface area contributed by atoms with Crippen LogP contribution in [0, 0.1) is 23.2 Å². The summed E-state index contributed by atoms with van der Waals surface area (Å²) >= 11 is 0. The summed E-state index contributed by atoms with van der Waals surface area (Å²) in [5.74, 6) is 1.52. The molecule has 138 valence electrons. The second-order valence-corrected chi connectivity index (χ2v) is 8.51. The zero-order valence-electron chi connectivity index (χ0n) is 15.0. The van der Waals surface area contributed by atoms with Gasteiger partial charge in [0.1, 0.15) is 6.04 Å². The monoisotopic (exact) mass is 348 g/mol. The number of nitrogens with one attached hydrogen (secondary N) is 1. The molecule has 4 aliphatic carbocycles. The highest BCUT2D eigenvalue weighted by molar-refractivity contribution is 5.93. The van der Waals surface area contributed by atoms with Crippen LogP contribution in [0.5, 0.6) is 0 Å². The summed E-state index contributed by atoms with van der Waals surface area (Å²) in [6.45, 7) is 3.00. The highest BCUT2D eigenvalue weighted by Crippen LogP contribution is 2.60. The lowest BCUT2D eigenvalue weighted by atomic mass is 9.49. The predicted octanol–water partition coefficient (Wildman–Crippen LogP) is 1.48. The number of carbonyl (C=O) groups is 3. The van der Waals surface area contributed by atoms with Crippen LogP contribution in [0.1, 0.15) is 51.9 Å². The lowest BCUT2D eigenvalue weighted by Crippen LogP contribution is -2.63. The highest BCUT2D eigenvalue weighted by Gasteiger charge is 2.56. The molecule has 5 fully saturated rings. The molecule has 5 aliphatic rings. The van der Waals surface area contributed by atoms with Crippen molar-refractivity contribution in [2.45, 2.75) is 57.9 Å². The highest BCUT2D eigenvalue weighted by atomic mass is 16.5. The molecule has 5 rings (SSSR count). The topological polar surface area (TPSA) is 75.7 Å². The van der Waals surface area contributed by atoms with E-state index in [4.69, 9.17) is 4.74 Å². The van der Waals surface area contributed by atoms with Crippen molar-refractivity contribution in [1.82, 2.24) is 10.2 Å². The van der Waals surface area contributed by atoms with Gasteiger partial charge in [-0.15, -0.1) is 0 Å². The molecule has 1 saturated heterocycles. The van der Waals surface area contributed by atoms with Crippen molar-refractivity contribution >= 4 is 17.8 Å². The number of amides is 2. The average molecular weight is 348 g/mol. The van der Waals surface area contributed by atoms with Gasteiger partial charge in [0, 0.05) is 13.1 Å². The Morgan fingerprint density at radius 1 is 1.16 bits per heavy atom. The molecule has 0 aromatic carbocycles. The van der Waals surface area contributed by atoms with Crippen molar-refractivity contribution in [1.29, 1.82) is 0 Å². The summed E-state index contributed by atoms with van der Waals surface area (Å²) in [5, 5.41) is 2.80. The van der Waals surface area contributed by atoms with E-state index in [-0.39, 0.29) is 30.3 Å². The van der Waals surface area contributed by atoms with Gasteiger partial charge in [0.15, 0.2) is 0 Å². The van der Waals surface area contributed by atoms with Crippen molar-refractivity contribution in [2.24, 2.45) is 23.2 Å². The van der Waals surface area contributed by atoms with Crippen LogP contribution in [0.25, 0.3) is 0 Å². The zero-order chi connectivity index (χ0) is 17.6. The number of hydrogen-bond acceptors (Lipinski definition) is 4. The van der Waals surface area contributed by atoms with Crippen LogP contribution in [0.4, 0.5) is 0 Å². The first kappa shape index (κ1) is 16.9. The van der Waals surface area contributed by atoms with Crippen molar-refractivity contribution in [3.05, 3.63) is 0 Å². The molecule has 0 unspecified atom stereocenters. The second kappa shape index (κ2) is 6.29. The minimum absolute atomic E-state index is 0.0439. The third-order valence-corrected chi connectivity index (χ3v) is 6.75. The van der Waals surface area contributed by atoms with E-state index in [1.165, 1.54) is 19.3 Å². The van der Waals surface area contributed by atoms with Gasteiger partial charge >= 0.3 is 5.97 Å². The Hall–Kier alpha value is -1.59. The van der Waals surface area contributed by atoms with Crippen LogP contribution in [0.2, 0.25) is 0 Å². The molecule has 4 bridgehead atoms. The van der Waals surface area contributed by atoms with Gasteiger partial charge in [-0.05, 0) is 63.2 Å². The fourth-order valence-electron chi connectivity index (χ4n) is 6.22. The third kappa shape index (κ3) is 2.93. The smallest absolute Gasteiger partial charge is 0.308 e. The largest absolute Gasteiger partial charge is 0.466 e. The summed E-state index contributed by atoms with van der Waals surface area (Å²) in [5.41, 5.74) is -0.278. The van der Waals surface area contributed by atoms with Gasteiger partial charge in [-0.3, -0.25) is 14.4 Å². The van der Waals surface area contributed by atoms with E-state index in [0.717, 1.165) is 19.3 Å². The first-order chi connectivity index (χ1) is 12.0. The fourth-order valence-corrected chi connectivity index (χ4v) is 6.22. The first-order valence-corrected chi connectivity index (χ1v) is 9.75. The van der Waals surface area contributed by atoms with Crippen molar-refractivity contribution in [3.63, 3.8) is 0 Å². The number of esters is 1. The van der Waals surface area contributed by atoms with Crippen LogP contribution in [-0.4, -0.2) is 48.4 Å². The van der Waals surface area contributed by atoms with Crippen LogP contribution in [0.3, 0.4) is 0 Å². The molecule has 4 saturated carbocycles. The molecule has 1 aliphatic heterocycles. The van der Waals surface area contributed by atoms with Crippen molar-refractivity contribution in [3.8, 4) is 0 Å². The van der Waals surface area contributed by atoms with Gasteiger partial charge < -0.3 is 15.0 Å². The van der Waals surface area contributed by atoms with E-state index >= 15 is 0 Å². The molecule has 6 nitrogen and oxygen atoms in total. The summed E-state index contributed by atoms with van der Waals surface area (Å²) in [7, 11) is 0. The molecule has 25 heavy (non-hydrogen) atoms. The first-order valence-electron chi connectivity index (χ1n) is 9.75. The van der Waals surface area contributed by atoms with E-state index < -0.39 is 12.0 Å². The summed E-state index contributed by atoms with van der Waals surface area (Å²) < 4.78 is 5.01. The van der Waals surface area contributed by atoms with Gasteiger partial charge in [-0.2, -0.15) is 0 Å². The summed E-state index contributed by atoms with van der Waals surface area (Å²) in [6.07, 6.45) is 6.71. The fraction of sp³-hybridized carbons (Fsp3) is 0.842. The minimum Gasteiger partial charge on any atom is -0.466 e. The Balaban J connectivity index is 1.55. The van der Waals surface area contributed by atoms with E-state index in [9.17, 15) is 14.4 Å². The molecule has 0 radical (unpaired) electrons. The molecule has 0 aromatic heterocycles. The summed E-state index contributed by atoms with van der Waals surface area (Å²) in [4.78, 5) is 39.5. The van der Waals surface area contributed by atoms with Crippen molar-refractivity contribution < 1.29 is 19.1 Å². The predicted molar refractivity (Wildman–Crippen MR) is 90.4 cm³/mol. The third-order valence-electron chi connectivity index (χ3n) is 6.75. The molecule has 0 aromatic rings. The SMILES string of the molecule is CCOC(=O)C[C@H]1C(=O)NCCN1C(=O)C12CC3CC(CC(C3)C1)C2. The number of piperazine rings is 1. The normalized spacial score (nSPS) is 39.2. The van der Waals surface area contributed by atoms with Gasteiger partial charge in [0.2, 0.25) is 11.8 Å². The molecule has 2 amide bonds. The van der Waals surface area contributed by atoms with Gasteiger partial charge in [-0.1, -0.05) is 0 Å². The van der Waals surface area contributed by atoms with E-state index in [1.807, 2.05) is 0 Å². The van der Waals surface area contributed by atoms with Crippen LogP contribution < -0.4 is 5.32 Å². The number of carbonyl (C=O) groups excluding carboxylic acids is 3. The summed E-state index contributed by atoms with van der Waals surface area (Å²) in [6, 6.07) is -0.715. The Bertz CT molecular complexity index is 553. The van der Waals surface area contributed by atoms with Gasteiger partial charge in [0.25, 0.3) is 0 Å². The lowest BCUT2D eigenvalue weighted by Gasteiger charge is -2.57. The van der Waals surface area contributed by atoms with E-state index in [1.54, 1.807) is 11.8 Å². The van der Waals surface area contributed by atoms with E-state index in [2.05, 4.69) is 5.32 Å². The molecular formula is C19H28N2O4. The zero-order valence-corrected chi connectivity index (χ0v) is 15.0. The van der Waals surface area contributed by atoms with Crippen LogP contribution in [0.15, 0.2) is 0 Å². The van der Waals surface area contributed by atoms with Crippen molar-refractivity contribution in [2.75, 3.05) is 19.7 Å². The number of ether oxygens (including phenoxy) is 1. The maximum atomic E-state index is 13.5. The maximum Gasteiger partial charge on any atom is 0.308 e. The molecule has 1 N–H and O–H groups in total. The van der Waals surface area contributed by atoms with E-state index in [0.29, 0.717) is 30.8 Å². The number of hydrogen-bond donors (Lipinski definition) is 1. The van der Waals surface area contributed by atoms with Crippen LogP contribution in [-0.2, 0) is 19.1 Å². The maximum absolute atomic E-state index is 13.5. The molecular weight excluding hydrogens is 320 g/mol. The van der Waals surface area contributed by atoms with Gasteiger partial charge in [0.05, 0.1) is 18.4 Å². The van der Waals surface area contributed by atoms with Crippen LogP contribution >= 0.6 is 0 Å². The second-order valence-electron chi connectivity index (χ2n) is 8.51. The molecule has 0 spiro atoms. The van der Waals surface area contributed by atoms with Gasteiger partial charge in [-0.25, -0.2) is 0 Å². The Labute approximate surface area is 148 Å². The Morgan fingerprint density at radius 3 is 2.32 bits per heavy atom. The molecule has 1 heterocycles. The average Bonchev–Trinajstić information content (AvgIpc) is 2.55. The quantitative estimate of drug-likeness (QED) is 0.781. The lowest BCUT2D eigenvalue weighted by molar-refractivity contribution is -0.166. The molecule has 1 atom stereocenters. The Morgan fingerprint density at radius 2 is 1.76 bits per heavy atom.